The molecule has 0 saturated carbocycles. The molecule has 1 amide bonds. The topological polar surface area (TPSA) is 108 Å². The molecule has 156 valence electrons. The summed E-state index contributed by atoms with van der Waals surface area (Å²) >= 11 is 0. The number of aryl methyl sites for hydroxylation is 1. The molecule has 1 fully saturated rings. The van der Waals surface area contributed by atoms with Gasteiger partial charge in [-0.2, -0.15) is 0 Å². The van der Waals surface area contributed by atoms with E-state index in [9.17, 15) is 19.7 Å². The van der Waals surface area contributed by atoms with Gasteiger partial charge >= 0.3 is 5.97 Å². The van der Waals surface area contributed by atoms with Gasteiger partial charge in [-0.1, -0.05) is 17.7 Å². The molecule has 0 N–H and O–H groups in total. The zero-order valence-electron chi connectivity index (χ0n) is 16.3. The van der Waals surface area contributed by atoms with Crippen molar-refractivity contribution in [3.63, 3.8) is 0 Å². The summed E-state index contributed by atoms with van der Waals surface area (Å²) in [5.41, 5.74) is 2.62. The molecule has 2 aliphatic heterocycles. The Bertz CT molecular complexity index is 1000. The third kappa shape index (κ3) is 3.97. The van der Waals surface area contributed by atoms with Crippen molar-refractivity contribution in [2.45, 2.75) is 26.6 Å². The van der Waals surface area contributed by atoms with Gasteiger partial charge in [-0.15, -0.1) is 0 Å². The van der Waals surface area contributed by atoms with Crippen LogP contribution in [0.3, 0.4) is 0 Å². The van der Waals surface area contributed by atoms with E-state index in [-0.39, 0.29) is 44.6 Å². The fraction of sp³-hybridized carbons (Fsp3) is 0.333. The van der Waals surface area contributed by atoms with Crippen molar-refractivity contribution in [2.24, 2.45) is 5.92 Å². The van der Waals surface area contributed by atoms with Gasteiger partial charge in [0, 0.05) is 41.9 Å². The van der Waals surface area contributed by atoms with E-state index in [4.69, 9.17) is 14.2 Å². The van der Waals surface area contributed by atoms with E-state index in [1.807, 2.05) is 31.2 Å². The molecule has 0 aromatic heterocycles. The Morgan fingerprint density at radius 1 is 1.30 bits per heavy atom. The Hall–Kier alpha value is -3.46. The largest absolute Gasteiger partial charge is 0.467 e. The fourth-order valence-electron chi connectivity index (χ4n) is 3.60. The van der Waals surface area contributed by atoms with Crippen LogP contribution in [0.1, 0.15) is 23.1 Å². The number of carbonyl (C=O) groups is 2. The first kappa shape index (κ1) is 19.8. The van der Waals surface area contributed by atoms with Crippen LogP contribution in [0, 0.1) is 23.0 Å². The summed E-state index contributed by atoms with van der Waals surface area (Å²) < 4.78 is 16.0. The lowest BCUT2D eigenvalue weighted by Gasteiger charge is -2.21. The summed E-state index contributed by atoms with van der Waals surface area (Å²) in [5, 5.41) is 11.2. The number of nitrogens with zero attached hydrogens (tertiary/aromatic N) is 2. The Kier molecular flexibility index (Phi) is 5.37. The number of ether oxygens (including phenoxy) is 3. The van der Waals surface area contributed by atoms with Gasteiger partial charge in [-0.25, -0.2) is 0 Å². The van der Waals surface area contributed by atoms with Crippen LogP contribution in [0.2, 0.25) is 0 Å². The van der Waals surface area contributed by atoms with E-state index in [0.717, 1.165) is 11.3 Å². The second kappa shape index (κ2) is 8.11. The van der Waals surface area contributed by atoms with E-state index in [1.54, 1.807) is 4.90 Å². The lowest BCUT2D eigenvalue weighted by molar-refractivity contribution is -0.385. The number of hydrogen-bond donors (Lipinski definition) is 0. The van der Waals surface area contributed by atoms with Crippen LogP contribution in [0.5, 0.6) is 5.75 Å². The highest BCUT2D eigenvalue weighted by atomic mass is 16.7. The van der Waals surface area contributed by atoms with Crippen LogP contribution < -0.4 is 9.64 Å². The SMILES string of the molecule is Cc1ccc(N2CC(C(=O)OCc3cc([N+](=O)[O-])cc4c3OCOC4)CC2=O)cc1. The van der Waals surface area contributed by atoms with Crippen molar-refractivity contribution in [2.75, 3.05) is 18.2 Å². The number of amides is 1. The van der Waals surface area contributed by atoms with Crippen molar-refractivity contribution >= 4 is 23.3 Å². The van der Waals surface area contributed by atoms with E-state index in [2.05, 4.69) is 0 Å². The Labute approximate surface area is 172 Å². The maximum Gasteiger partial charge on any atom is 0.311 e. The molecule has 1 atom stereocenters. The smallest absolute Gasteiger partial charge is 0.311 e. The number of nitro benzene ring substituents is 1. The van der Waals surface area contributed by atoms with E-state index < -0.39 is 16.8 Å². The number of rotatable bonds is 5. The molecular weight excluding hydrogens is 392 g/mol. The van der Waals surface area contributed by atoms with Gasteiger partial charge in [0.15, 0.2) is 6.79 Å². The first-order valence-electron chi connectivity index (χ1n) is 9.47. The minimum atomic E-state index is -0.599. The molecule has 2 aliphatic rings. The lowest BCUT2D eigenvalue weighted by atomic mass is 10.1. The summed E-state index contributed by atoms with van der Waals surface area (Å²) in [7, 11) is 0. The molecule has 0 bridgehead atoms. The average Bonchev–Trinajstić information content (AvgIpc) is 3.13. The van der Waals surface area contributed by atoms with Crippen molar-refractivity contribution in [1.29, 1.82) is 0 Å². The molecule has 9 heteroatoms. The van der Waals surface area contributed by atoms with Crippen LogP contribution in [-0.4, -0.2) is 30.1 Å². The quantitative estimate of drug-likeness (QED) is 0.422. The Balaban J connectivity index is 1.45. The molecule has 9 nitrogen and oxygen atoms in total. The van der Waals surface area contributed by atoms with Crippen LogP contribution in [0.15, 0.2) is 36.4 Å². The first-order valence-corrected chi connectivity index (χ1v) is 9.47. The minimum Gasteiger partial charge on any atom is -0.467 e. The zero-order chi connectivity index (χ0) is 21.3. The van der Waals surface area contributed by atoms with Gasteiger partial charge in [0.1, 0.15) is 12.4 Å². The number of carbonyl (C=O) groups excluding carboxylic acids is 2. The fourth-order valence-corrected chi connectivity index (χ4v) is 3.60. The molecule has 0 radical (unpaired) electrons. The van der Waals surface area contributed by atoms with Gasteiger partial charge in [-0.3, -0.25) is 19.7 Å². The van der Waals surface area contributed by atoms with Crippen molar-refractivity contribution < 1.29 is 28.7 Å². The van der Waals surface area contributed by atoms with E-state index in [1.165, 1.54) is 12.1 Å². The van der Waals surface area contributed by atoms with Crippen molar-refractivity contribution in [3.8, 4) is 5.75 Å². The summed E-state index contributed by atoms with van der Waals surface area (Å²) in [6.07, 6.45) is 0.0596. The maximum atomic E-state index is 12.6. The number of non-ortho nitro benzene ring substituents is 1. The zero-order valence-corrected chi connectivity index (χ0v) is 16.3. The standard InChI is InChI=1S/C21H20N2O7/c1-13-2-4-17(5-3-13)22-9-14(8-19(22)24)21(25)29-11-16-7-18(23(26)27)6-15-10-28-12-30-20(15)16/h2-7,14H,8-12H2,1H3. The predicted molar refractivity (Wildman–Crippen MR) is 105 cm³/mol. The first-order chi connectivity index (χ1) is 14.4. The number of anilines is 1. The van der Waals surface area contributed by atoms with Crippen LogP contribution in [-0.2, 0) is 32.3 Å². The summed E-state index contributed by atoms with van der Waals surface area (Å²) in [6.45, 7) is 2.21. The summed E-state index contributed by atoms with van der Waals surface area (Å²) in [5.74, 6) is -0.833. The molecule has 2 heterocycles. The number of esters is 1. The van der Waals surface area contributed by atoms with E-state index in [0.29, 0.717) is 16.9 Å². The Morgan fingerprint density at radius 3 is 2.80 bits per heavy atom. The second-order valence-corrected chi connectivity index (χ2v) is 7.31. The molecule has 0 aliphatic carbocycles. The van der Waals surface area contributed by atoms with Gasteiger partial charge in [-0.05, 0) is 19.1 Å². The van der Waals surface area contributed by atoms with Crippen LogP contribution >= 0.6 is 0 Å². The minimum absolute atomic E-state index is 0.0222. The molecule has 30 heavy (non-hydrogen) atoms. The predicted octanol–water partition coefficient (Wildman–Crippen LogP) is 2.87. The third-order valence-corrected chi connectivity index (χ3v) is 5.16. The average molecular weight is 412 g/mol. The normalized spacial score (nSPS) is 18.0. The highest BCUT2D eigenvalue weighted by Gasteiger charge is 2.36. The lowest BCUT2D eigenvalue weighted by Crippen LogP contribution is -2.26. The van der Waals surface area contributed by atoms with E-state index >= 15 is 0 Å². The highest BCUT2D eigenvalue weighted by Crippen LogP contribution is 2.33. The number of hydrogen-bond acceptors (Lipinski definition) is 7. The van der Waals surface area contributed by atoms with Gasteiger partial charge in [0.25, 0.3) is 5.69 Å². The number of fused-ring (bicyclic) bond motifs is 1. The molecular formula is C21H20N2O7. The number of benzene rings is 2. The maximum absolute atomic E-state index is 12.6. The van der Waals surface area contributed by atoms with Crippen molar-refractivity contribution in [3.05, 3.63) is 63.2 Å². The van der Waals surface area contributed by atoms with Gasteiger partial charge in [0.05, 0.1) is 17.4 Å². The van der Waals surface area contributed by atoms with Gasteiger partial charge in [0.2, 0.25) is 5.91 Å². The van der Waals surface area contributed by atoms with Crippen LogP contribution in [0.4, 0.5) is 11.4 Å². The third-order valence-electron chi connectivity index (χ3n) is 5.16. The molecule has 2 aromatic rings. The van der Waals surface area contributed by atoms with Crippen LogP contribution in [0.25, 0.3) is 0 Å². The Morgan fingerprint density at radius 2 is 2.07 bits per heavy atom. The molecule has 2 aromatic carbocycles. The van der Waals surface area contributed by atoms with Gasteiger partial charge < -0.3 is 19.1 Å². The summed E-state index contributed by atoms with van der Waals surface area (Å²) in [4.78, 5) is 37.2. The summed E-state index contributed by atoms with van der Waals surface area (Å²) in [6, 6.07) is 10.2. The molecule has 1 saturated heterocycles. The molecule has 1 unspecified atom stereocenters. The second-order valence-electron chi connectivity index (χ2n) is 7.31. The monoisotopic (exact) mass is 412 g/mol. The van der Waals surface area contributed by atoms with Crippen molar-refractivity contribution in [1.82, 2.24) is 0 Å². The number of nitro groups is 1. The molecule has 4 rings (SSSR count). The molecule has 0 spiro atoms. The highest BCUT2D eigenvalue weighted by molar-refractivity contribution is 5.99.